The highest BCUT2D eigenvalue weighted by atomic mass is 79.9. The van der Waals surface area contributed by atoms with Crippen LogP contribution in [-0.2, 0) is 14.8 Å². The first kappa shape index (κ1) is 18.9. The van der Waals surface area contributed by atoms with E-state index in [1.54, 1.807) is 36.3 Å². The number of carbonyl (C=O) groups is 1. The van der Waals surface area contributed by atoms with Crippen molar-refractivity contribution in [2.45, 2.75) is 11.3 Å². The fourth-order valence-corrected chi connectivity index (χ4v) is 4.24. The number of benzene rings is 2. The van der Waals surface area contributed by atoms with Crippen molar-refractivity contribution in [3.8, 4) is 5.75 Å². The minimum absolute atomic E-state index is 0.0111. The summed E-state index contributed by atoms with van der Waals surface area (Å²) in [6.07, 6.45) is 0.314. The van der Waals surface area contributed by atoms with Gasteiger partial charge in [-0.2, -0.15) is 0 Å². The van der Waals surface area contributed by atoms with Crippen LogP contribution < -0.4 is 14.4 Å². The van der Waals surface area contributed by atoms with Crippen LogP contribution in [0.4, 0.5) is 5.69 Å². The molecule has 3 rings (SSSR count). The predicted octanol–water partition coefficient (Wildman–Crippen LogP) is 2.79. The molecule has 138 valence electrons. The topological polar surface area (TPSA) is 75.7 Å². The standard InChI is InChI=1S/C18H19BrN2O4S/c1-25-16-6-4-15(5-7-16)21-12-13(10-18(21)22)11-20-26(23,24)17-8-2-14(19)3-9-17/h2-9,13,20H,10-12H2,1H3. The third-order valence-corrected chi connectivity index (χ3v) is 6.24. The summed E-state index contributed by atoms with van der Waals surface area (Å²) in [5, 5.41) is 0. The number of carbonyl (C=O) groups excluding carboxylic acids is 1. The normalized spacial score (nSPS) is 17.5. The average Bonchev–Trinajstić information content (AvgIpc) is 3.01. The van der Waals surface area contributed by atoms with Crippen molar-refractivity contribution in [1.82, 2.24) is 4.72 Å². The van der Waals surface area contributed by atoms with Crippen molar-refractivity contribution >= 4 is 37.5 Å². The Morgan fingerprint density at radius 2 is 1.81 bits per heavy atom. The van der Waals surface area contributed by atoms with E-state index < -0.39 is 10.0 Å². The summed E-state index contributed by atoms with van der Waals surface area (Å²) >= 11 is 3.28. The third-order valence-electron chi connectivity index (χ3n) is 4.28. The Labute approximate surface area is 161 Å². The lowest BCUT2D eigenvalue weighted by molar-refractivity contribution is -0.117. The van der Waals surface area contributed by atoms with Crippen LogP contribution >= 0.6 is 15.9 Å². The molecule has 0 aliphatic carbocycles. The molecule has 0 spiro atoms. The second-order valence-corrected chi connectivity index (χ2v) is 8.76. The number of halogens is 1. The summed E-state index contributed by atoms with van der Waals surface area (Å²) in [6.45, 7) is 0.699. The molecule has 1 N–H and O–H groups in total. The number of ether oxygens (including phenoxy) is 1. The number of hydrogen-bond acceptors (Lipinski definition) is 4. The van der Waals surface area contributed by atoms with E-state index >= 15 is 0 Å². The predicted molar refractivity (Wildman–Crippen MR) is 103 cm³/mol. The van der Waals surface area contributed by atoms with Gasteiger partial charge in [-0.3, -0.25) is 4.79 Å². The number of nitrogens with one attached hydrogen (secondary N) is 1. The lowest BCUT2D eigenvalue weighted by atomic mass is 10.1. The molecule has 0 saturated carbocycles. The zero-order valence-corrected chi connectivity index (χ0v) is 16.6. The Morgan fingerprint density at radius 3 is 2.42 bits per heavy atom. The van der Waals surface area contributed by atoms with Crippen molar-refractivity contribution in [1.29, 1.82) is 0 Å². The van der Waals surface area contributed by atoms with Gasteiger partial charge >= 0.3 is 0 Å². The van der Waals surface area contributed by atoms with Crippen molar-refractivity contribution in [3.05, 3.63) is 53.0 Å². The lowest BCUT2D eigenvalue weighted by Crippen LogP contribution is -2.31. The highest BCUT2D eigenvalue weighted by Gasteiger charge is 2.31. The molecule has 1 amide bonds. The van der Waals surface area contributed by atoms with Gasteiger partial charge in [0.25, 0.3) is 0 Å². The number of amides is 1. The van der Waals surface area contributed by atoms with Gasteiger partial charge in [0.1, 0.15) is 5.75 Å². The van der Waals surface area contributed by atoms with Gasteiger partial charge in [0.05, 0.1) is 12.0 Å². The molecule has 1 heterocycles. The van der Waals surface area contributed by atoms with Crippen molar-refractivity contribution in [2.75, 3.05) is 25.1 Å². The van der Waals surface area contributed by atoms with Crippen LogP contribution in [0, 0.1) is 5.92 Å². The molecule has 26 heavy (non-hydrogen) atoms. The number of rotatable bonds is 6. The van der Waals surface area contributed by atoms with Crippen molar-refractivity contribution in [3.63, 3.8) is 0 Å². The molecule has 6 nitrogen and oxygen atoms in total. The Morgan fingerprint density at radius 1 is 1.15 bits per heavy atom. The van der Waals surface area contributed by atoms with Gasteiger partial charge in [-0.1, -0.05) is 15.9 Å². The smallest absolute Gasteiger partial charge is 0.240 e. The van der Waals surface area contributed by atoms with Crippen LogP contribution in [0.25, 0.3) is 0 Å². The largest absolute Gasteiger partial charge is 0.497 e. The zero-order valence-electron chi connectivity index (χ0n) is 14.2. The summed E-state index contributed by atoms with van der Waals surface area (Å²) in [7, 11) is -2.00. The summed E-state index contributed by atoms with van der Waals surface area (Å²) in [5.41, 5.74) is 0.786. The van der Waals surface area contributed by atoms with Gasteiger partial charge in [-0.15, -0.1) is 0 Å². The molecule has 2 aromatic rings. The van der Waals surface area contributed by atoms with Crippen LogP contribution in [0.2, 0.25) is 0 Å². The fourth-order valence-electron chi connectivity index (χ4n) is 2.85. The molecule has 1 saturated heterocycles. The first-order valence-corrected chi connectivity index (χ1v) is 10.4. The Balaban J connectivity index is 1.62. The SMILES string of the molecule is COc1ccc(N2CC(CNS(=O)(=O)c3ccc(Br)cc3)CC2=O)cc1. The molecule has 0 bridgehead atoms. The van der Waals surface area contributed by atoms with Gasteiger partial charge in [-0.25, -0.2) is 13.1 Å². The third kappa shape index (κ3) is 4.25. The van der Waals surface area contributed by atoms with E-state index in [9.17, 15) is 13.2 Å². The second kappa shape index (κ2) is 7.77. The Hall–Kier alpha value is -1.90. The number of methoxy groups -OCH3 is 1. The fraction of sp³-hybridized carbons (Fsp3) is 0.278. The van der Waals surface area contributed by atoms with Gasteiger partial charge in [0.15, 0.2) is 0 Å². The number of sulfonamides is 1. The van der Waals surface area contributed by atoms with Gasteiger partial charge in [0, 0.05) is 29.7 Å². The number of hydrogen-bond donors (Lipinski definition) is 1. The lowest BCUT2D eigenvalue weighted by Gasteiger charge is -2.17. The van der Waals surface area contributed by atoms with Crippen LogP contribution in [0.5, 0.6) is 5.75 Å². The average molecular weight is 439 g/mol. The molecule has 8 heteroatoms. The monoisotopic (exact) mass is 438 g/mol. The summed E-state index contributed by atoms with van der Waals surface area (Å²) in [6, 6.07) is 13.7. The highest BCUT2D eigenvalue weighted by Crippen LogP contribution is 2.26. The molecule has 1 aliphatic heterocycles. The molecule has 1 fully saturated rings. The zero-order chi connectivity index (χ0) is 18.7. The van der Waals surface area contributed by atoms with Crippen LogP contribution in [0.3, 0.4) is 0 Å². The Bertz CT molecular complexity index is 882. The van der Waals surface area contributed by atoms with Gasteiger partial charge in [0.2, 0.25) is 15.9 Å². The second-order valence-electron chi connectivity index (χ2n) is 6.08. The van der Waals surface area contributed by atoms with Crippen molar-refractivity contribution in [2.24, 2.45) is 5.92 Å². The van der Waals surface area contributed by atoms with Crippen LogP contribution in [-0.4, -0.2) is 34.5 Å². The molecule has 0 radical (unpaired) electrons. The first-order chi connectivity index (χ1) is 12.4. The number of nitrogens with zero attached hydrogens (tertiary/aromatic N) is 1. The number of anilines is 1. The van der Waals surface area contributed by atoms with Crippen molar-refractivity contribution < 1.29 is 17.9 Å². The minimum atomic E-state index is -3.59. The molecular weight excluding hydrogens is 420 g/mol. The van der Waals surface area contributed by atoms with E-state index in [1.165, 1.54) is 12.1 Å². The van der Waals surface area contributed by atoms with E-state index in [0.29, 0.717) is 13.0 Å². The van der Waals surface area contributed by atoms with Gasteiger partial charge < -0.3 is 9.64 Å². The molecule has 0 aromatic heterocycles. The maximum Gasteiger partial charge on any atom is 0.240 e. The summed E-state index contributed by atoms with van der Waals surface area (Å²) in [4.78, 5) is 14.2. The van der Waals surface area contributed by atoms with E-state index in [4.69, 9.17) is 4.74 Å². The summed E-state index contributed by atoms with van der Waals surface area (Å²) in [5.74, 6) is 0.636. The molecule has 1 atom stereocenters. The molecule has 1 aliphatic rings. The van der Waals surface area contributed by atoms with Crippen LogP contribution in [0.15, 0.2) is 57.9 Å². The van der Waals surface area contributed by atoms with E-state index in [0.717, 1.165) is 15.9 Å². The first-order valence-electron chi connectivity index (χ1n) is 8.09. The minimum Gasteiger partial charge on any atom is -0.497 e. The van der Waals surface area contributed by atoms with E-state index in [2.05, 4.69) is 20.7 Å². The van der Waals surface area contributed by atoms with Gasteiger partial charge in [-0.05, 0) is 54.4 Å². The molecular formula is C18H19BrN2O4S. The van der Waals surface area contributed by atoms with E-state index in [-0.39, 0.29) is 23.3 Å². The highest BCUT2D eigenvalue weighted by molar-refractivity contribution is 9.10. The van der Waals surface area contributed by atoms with E-state index in [1.807, 2.05) is 12.1 Å². The molecule has 2 aromatic carbocycles. The van der Waals surface area contributed by atoms with Crippen LogP contribution in [0.1, 0.15) is 6.42 Å². The molecule has 1 unspecified atom stereocenters. The summed E-state index contributed by atoms with van der Waals surface area (Å²) < 4.78 is 33.3. The maximum atomic E-state index is 12.4. The maximum absolute atomic E-state index is 12.4. The quantitative estimate of drug-likeness (QED) is 0.751. The Kier molecular flexibility index (Phi) is 5.64.